The molecule has 3 N–H and O–H groups in total. The van der Waals surface area contributed by atoms with Gasteiger partial charge in [0, 0.05) is 17.8 Å². The first-order chi connectivity index (χ1) is 11.3. The third-order valence-electron chi connectivity index (χ3n) is 3.13. The summed E-state index contributed by atoms with van der Waals surface area (Å²) < 4.78 is 4.99. The molecule has 0 aliphatic heterocycles. The topological polar surface area (TPSA) is 151 Å². The number of carbonyl (C=O) groups excluding carboxylic acids is 1. The molecule has 0 aliphatic carbocycles. The first-order valence-corrected chi connectivity index (χ1v) is 6.51. The van der Waals surface area contributed by atoms with Gasteiger partial charge in [0.2, 0.25) is 5.91 Å². The number of methoxy groups -OCH3 is 1. The molecule has 10 nitrogen and oxygen atoms in total. The lowest BCUT2D eigenvalue weighted by atomic mass is 10.1. The Balaban J connectivity index is 2.58. The SMILES string of the molecule is COc1ccc(Nc2c([N+](=O)[O-])cc(C(N)=O)cc2[N+](=O)[O-])cc1. The van der Waals surface area contributed by atoms with E-state index < -0.39 is 27.1 Å². The summed E-state index contributed by atoms with van der Waals surface area (Å²) in [4.78, 5) is 32.0. The maximum atomic E-state index is 11.2. The minimum absolute atomic E-state index is 0.325. The van der Waals surface area contributed by atoms with Gasteiger partial charge in [-0.15, -0.1) is 0 Å². The van der Waals surface area contributed by atoms with E-state index in [1.807, 2.05) is 0 Å². The van der Waals surface area contributed by atoms with Crippen LogP contribution in [0.15, 0.2) is 36.4 Å². The van der Waals surface area contributed by atoms with Crippen LogP contribution in [0.3, 0.4) is 0 Å². The van der Waals surface area contributed by atoms with Crippen LogP contribution in [0.5, 0.6) is 5.75 Å². The van der Waals surface area contributed by atoms with Crippen LogP contribution in [-0.4, -0.2) is 22.9 Å². The molecule has 24 heavy (non-hydrogen) atoms. The molecule has 0 fully saturated rings. The smallest absolute Gasteiger partial charge is 0.300 e. The van der Waals surface area contributed by atoms with Crippen molar-refractivity contribution in [2.75, 3.05) is 12.4 Å². The zero-order valence-electron chi connectivity index (χ0n) is 12.4. The van der Waals surface area contributed by atoms with Gasteiger partial charge in [-0.25, -0.2) is 0 Å². The van der Waals surface area contributed by atoms with Gasteiger partial charge in [-0.1, -0.05) is 0 Å². The van der Waals surface area contributed by atoms with E-state index in [4.69, 9.17) is 10.5 Å². The number of primary amides is 1. The molecule has 0 unspecified atom stereocenters. The molecular formula is C14H12N4O6. The minimum atomic E-state index is -1.00. The van der Waals surface area contributed by atoms with Crippen LogP contribution in [0.1, 0.15) is 10.4 Å². The highest BCUT2D eigenvalue weighted by Gasteiger charge is 2.28. The molecular weight excluding hydrogens is 320 g/mol. The van der Waals surface area contributed by atoms with Crippen molar-refractivity contribution in [3.8, 4) is 5.75 Å². The maximum absolute atomic E-state index is 11.2. The molecule has 0 aliphatic rings. The highest BCUT2D eigenvalue weighted by Crippen LogP contribution is 2.37. The summed E-state index contributed by atoms with van der Waals surface area (Å²) >= 11 is 0. The number of ether oxygens (including phenoxy) is 1. The Labute approximate surface area is 135 Å². The number of hydrogen-bond acceptors (Lipinski definition) is 7. The van der Waals surface area contributed by atoms with Gasteiger partial charge in [-0.05, 0) is 24.3 Å². The molecule has 2 rings (SSSR count). The Kier molecular flexibility index (Phi) is 4.59. The average molecular weight is 332 g/mol. The van der Waals surface area contributed by atoms with Crippen LogP contribution in [0.2, 0.25) is 0 Å². The molecule has 10 heteroatoms. The standard InChI is InChI=1S/C14H12N4O6/c1-24-10-4-2-9(3-5-10)16-13-11(17(20)21)6-8(14(15)19)7-12(13)18(22)23/h2-7,16H,1H3,(H2,15,19). The Morgan fingerprint density at radius 1 is 1.08 bits per heavy atom. The van der Waals surface area contributed by atoms with Crippen LogP contribution in [-0.2, 0) is 0 Å². The van der Waals surface area contributed by atoms with Gasteiger partial charge in [0.05, 0.1) is 22.5 Å². The molecule has 0 radical (unpaired) electrons. The maximum Gasteiger partial charge on any atom is 0.300 e. The fourth-order valence-electron chi connectivity index (χ4n) is 1.99. The predicted octanol–water partition coefficient (Wildman–Crippen LogP) is 2.35. The monoisotopic (exact) mass is 332 g/mol. The van der Waals surface area contributed by atoms with Crippen LogP contribution >= 0.6 is 0 Å². The summed E-state index contributed by atoms with van der Waals surface area (Å²) in [6.45, 7) is 0. The number of benzene rings is 2. The number of nitrogens with zero attached hydrogens (tertiary/aromatic N) is 2. The van der Waals surface area contributed by atoms with Gasteiger partial charge < -0.3 is 15.8 Å². The normalized spacial score (nSPS) is 10.0. The number of hydrogen-bond donors (Lipinski definition) is 2. The summed E-state index contributed by atoms with van der Waals surface area (Å²) in [6, 6.07) is 8.01. The van der Waals surface area contributed by atoms with E-state index in [-0.39, 0.29) is 11.3 Å². The highest BCUT2D eigenvalue weighted by atomic mass is 16.6. The van der Waals surface area contributed by atoms with E-state index in [0.29, 0.717) is 11.4 Å². The van der Waals surface area contributed by atoms with E-state index in [0.717, 1.165) is 12.1 Å². The number of nitro groups is 2. The number of nitro benzene ring substituents is 2. The lowest BCUT2D eigenvalue weighted by Gasteiger charge is -2.09. The number of nitrogens with one attached hydrogen (secondary N) is 1. The number of amides is 1. The van der Waals surface area contributed by atoms with Gasteiger partial charge in [-0.2, -0.15) is 0 Å². The molecule has 124 valence electrons. The third-order valence-corrected chi connectivity index (χ3v) is 3.13. The van der Waals surface area contributed by atoms with Crippen LogP contribution in [0.25, 0.3) is 0 Å². The fourth-order valence-corrected chi connectivity index (χ4v) is 1.99. The van der Waals surface area contributed by atoms with Crippen LogP contribution in [0.4, 0.5) is 22.7 Å². The van der Waals surface area contributed by atoms with Crippen molar-refractivity contribution in [3.05, 3.63) is 62.2 Å². The second-order valence-corrected chi connectivity index (χ2v) is 4.62. The summed E-state index contributed by atoms with van der Waals surface area (Å²) in [6.07, 6.45) is 0. The predicted molar refractivity (Wildman–Crippen MR) is 84.5 cm³/mol. The Morgan fingerprint density at radius 3 is 1.96 bits per heavy atom. The van der Waals surface area contributed by atoms with Gasteiger partial charge in [-0.3, -0.25) is 25.0 Å². The Hall–Kier alpha value is -3.69. The zero-order chi connectivity index (χ0) is 17.9. The molecule has 0 saturated heterocycles. The lowest BCUT2D eigenvalue weighted by molar-refractivity contribution is -0.392. The number of carbonyl (C=O) groups is 1. The zero-order valence-corrected chi connectivity index (χ0v) is 12.4. The van der Waals surface area contributed by atoms with Crippen LogP contribution < -0.4 is 15.8 Å². The first kappa shape index (κ1) is 16.7. The van der Waals surface area contributed by atoms with E-state index >= 15 is 0 Å². The second-order valence-electron chi connectivity index (χ2n) is 4.62. The highest BCUT2D eigenvalue weighted by molar-refractivity contribution is 5.96. The third kappa shape index (κ3) is 3.38. The van der Waals surface area contributed by atoms with Crippen molar-refractivity contribution < 1.29 is 19.4 Å². The van der Waals surface area contributed by atoms with Crippen molar-refractivity contribution >= 4 is 28.7 Å². The number of anilines is 2. The fraction of sp³-hybridized carbons (Fsp3) is 0.0714. The Bertz CT molecular complexity index is 784. The minimum Gasteiger partial charge on any atom is -0.497 e. The van der Waals surface area contributed by atoms with Crippen LogP contribution in [0, 0.1) is 20.2 Å². The molecule has 0 aromatic heterocycles. The number of nitrogens with two attached hydrogens (primary N) is 1. The molecule has 1 amide bonds. The molecule has 0 bridgehead atoms. The van der Waals surface area contributed by atoms with E-state index in [2.05, 4.69) is 5.32 Å². The molecule has 0 atom stereocenters. The molecule has 0 saturated carbocycles. The van der Waals surface area contributed by atoms with E-state index in [1.165, 1.54) is 19.2 Å². The van der Waals surface area contributed by atoms with Crippen molar-refractivity contribution in [2.24, 2.45) is 5.73 Å². The average Bonchev–Trinajstić information content (AvgIpc) is 2.54. The molecule has 0 heterocycles. The van der Waals surface area contributed by atoms with Crippen molar-refractivity contribution in [2.45, 2.75) is 0 Å². The number of rotatable bonds is 6. The van der Waals surface area contributed by atoms with Crippen molar-refractivity contribution in [1.82, 2.24) is 0 Å². The van der Waals surface area contributed by atoms with E-state index in [1.54, 1.807) is 12.1 Å². The first-order valence-electron chi connectivity index (χ1n) is 6.51. The largest absolute Gasteiger partial charge is 0.497 e. The molecule has 0 spiro atoms. The molecule has 2 aromatic rings. The van der Waals surface area contributed by atoms with Crippen molar-refractivity contribution in [1.29, 1.82) is 0 Å². The summed E-state index contributed by atoms with van der Waals surface area (Å²) in [5, 5.41) is 25.1. The van der Waals surface area contributed by atoms with E-state index in [9.17, 15) is 25.0 Å². The van der Waals surface area contributed by atoms with Gasteiger partial charge in [0.1, 0.15) is 5.75 Å². The Morgan fingerprint density at radius 2 is 1.58 bits per heavy atom. The van der Waals surface area contributed by atoms with Gasteiger partial charge in [0.25, 0.3) is 0 Å². The molecule has 2 aromatic carbocycles. The summed E-state index contributed by atoms with van der Waals surface area (Å²) in [5.41, 5.74) is 3.50. The quantitative estimate of drug-likeness (QED) is 0.608. The second kappa shape index (κ2) is 6.60. The van der Waals surface area contributed by atoms with Gasteiger partial charge in [0.15, 0.2) is 5.69 Å². The lowest BCUT2D eigenvalue weighted by Crippen LogP contribution is -2.13. The van der Waals surface area contributed by atoms with Crippen molar-refractivity contribution in [3.63, 3.8) is 0 Å². The summed E-state index contributed by atoms with van der Waals surface area (Å²) in [7, 11) is 1.47. The summed E-state index contributed by atoms with van der Waals surface area (Å²) in [5.74, 6) is -0.453. The van der Waals surface area contributed by atoms with Gasteiger partial charge >= 0.3 is 11.4 Å².